The quantitative estimate of drug-likeness (QED) is 0.453. The van der Waals surface area contributed by atoms with E-state index in [9.17, 15) is 5.11 Å². The molecule has 7 heteroatoms. The van der Waals surface area contributed by atoms with Crippen molar-refractivity contribution in [2.75, 3.05) is 6.54 Å². The van der Waals surface area contributed by atoms with Gasteiger partial charge in [-0.25, -0.2) is 9.67 Å². The largest absolute Gasteiger partial charge is 0.465 e. The van der Waals surface area contributed by atoms with Crippen molar-refractivity contribution in [3.8, 4) is 23.3 Å². The Balaban J connectivity index is 1.70. The number of hydrogen-bond acceptors (Lipinski definition) is 6. The van der Waals surface area contributed by atoms with Gasteiger partial charge in [0.05, 0.1) is 18.0 Å². The second kappa shape index (κ2) is 11.0. The fourth-order valence-electron chi connectivity index (χ4n) is 3.75. The summed E-state index contributed by atoms with van der Waals surface area (Å²) >= 11 is 0. The van der Waals surface area contributed by atoms with Crippen molar-refractivity contribution in [1.29, 1.82) is 0 Å². The van der Waals surface area contributed by atoms with Crippen molar-refractivity contribution in [1.82, 2.24) is 15.1 Å². The predicted molar refractivity (Wildman–Crippen MR) is 139 cm³/mol. The van der Waals surface area contributed by atoms with Gasteiger partial charge in [0.15, 0.2) is 6.23 Å². The molecule has 2 unspecified atom stereocenters. The molecule has 0 aliphatic carbocycles. The predicted octanol–water partition coefficient (Wildman–Crippen LogP) is 4.09. The third-order valence-corrected chi connectivity index (χ3v) is 5.54. The molecule has 3 aromatic rings. The number of nitrogens with zero attached hydrogens (tertiary/aromatic N) is 3. The molecule has 0 saturated carbocycles. The molecule has 1 aliphatic rings. The van der Waals surface area contributed by atoms with Gasteiger partial charge in [-0.1, -0.05) is 42.5 Å². The molecule has 0 amide bonds. The van der Waals surface area contributed by atoms with E-state index >= 15 is 0 Å². The van der Waals surface area contributed by atoms with Crippen LogP contribution in [-0.4, -0.2) is 33.5 Å². The van der Waals surface area contributed by atoms with Gasteiger partial charge < -0.3 is 20.9 Å². The number of ether oxygens (including phenoxy) is 1. The Labute approximate surface area is 206 Å². The minimum absolute atomic E-state index is 0.123. The number of nitrogens with one attached hydrogen (secondary N) is 1. The molecule has 0 bridgehead atoms. The maximum absolute atomic E-state index is 10.1. The summed E-state index contributed by atoms with van der Waals surface area (Å²) in [5, 5.41) is 17.8. The van der Waals surface area contributed by atoms with Crippen LogP contribution in [0.1, 0.15) is 55.0 Å². The first-order valence-corrected chi connectivity index (χ1v) is 11.8. The summed E-state index contributed by atoms with van der Waals surface area (Å²) in [5.74, 6) is 7.77. The van der Waals surface area contributed by atoms with Crippen LogP contribution in [0.2, 0.25) is 0 Å². The number of amidine groups is 1. The molecule has 0 radical (unpaired) electrons. The summed E-state index contributed by atoms with van der Waals surface area (Å²) in [6.45, 7) is 6.21. The summed E-state index contributed by atoms with van der Waals surface area (Å²) < 4.78 is 8.13. The monoisotopic (exact) mass is 469 g/mol. The molecule has 0 fully saturated rings. The highest BCUT2D eigenvalue weighted by Gasteiger charge is 2.19. The van der Waals surface area contributed by atoms with Crippen molar-refractivity contribution in [2.45, 2.75) is 45.9 Å². The Bertz CT molecular complexity index is 1310. The fraction of sp³-hybridized carbons (Fsp3) is 0.286. The van der Waals surface area contributed by atoms with Crippen LogP contribution >= 0.6 is 0 Å². The van der Waals surface area contributed by atoms with Gasteiger partial charge in [-0.15, -0.1) is 0 Å². The molecule has 1 aliphatic heterocycles. The van der Waals surface area contributed by atoms with Crippen molar-refractivity contribution in [3.05, 3.63) is 83.2 Å². The number of benzene rings is 2. The van der Waals surface area contributed by atoms with E-state index in [4.69, 9.17) is 10.5 Å². The van der Waals surface area contributed by atoms with E-state index < -0.39 is 12.3 Å². The maximum atomic E-state index is 10.1. The number of aliphatic hydroxyl groups excluding tert-OH is 1. The molecule has 0 saturated heterocycles. The number of nitrogens with two attached hydrogens (primary N) is 1. The maximum Gasteiger partial charge on any atom is 0.192 e. The third-order valence-electron chi connectivity index (χ3n) is 5.54. The van der Waals surface area contributed by atoms with E-state index in [0.717, 1.165) is 41.2 Å². The summed E-state index contributed by atoms with van der Waals surface area (Å²) in [6.07, 6.45) is 5.97. The molecule has 0 spiro atoms. The molecule has 2 aromatic carbocycles. The second-order valence-electron chi connectivity index (χ2n) is 8.51. The summed E-state index contributed by atoms with van der Waals surface area (Å²) in [4.78, 5) is 4.67. The average molecular weight is 470 g/mol. The second-order valence-corrected chi connectivity index (χ2v) is 8.51. The van der Waals surface area contributed by atoms with E-state index in [1.807, 2.05) is 43.3 Å². The van der Waals surface area contributed by atoms with E-state index in [-0.39, 0.29) is 6.54 Å². The van der Waals surface area contributed by atoms with Crippen molar-refractivity contribution in [2.24, 2.45) is 10.7 Å². The highest BCUT2D eigenvalue weighted by atomic mass is 16.5. The molecule has 1 aromatic heterocycles. The van der Waals surface area contributed by atoms with E-state index in [0.29, 0.717) is 11.3 Å². The average Bonchev–Trinajstić information content (AvgIpc) is 3.34. The number of aliphatic hydroxyl groups is 1. The topological polar surface area (TPSA) is 97.7 Å². The Kier molecular flexibility index (Phi) is 7.66. The molecule has 2 atom stereocenters. The minimum Gasteiger partial charge on any atom is -0.465 e. The zero-order valence-corrected chi connectivity index (χ0v) is 20.3. The lowest BCUT2D eigenvalue weighted by Crippen LogP contribution is -2.38. The van der Waals surface area contributed by atoms with Gasteiger partial charge in [0.25, 0.3) is 0 Å². The lowest BCUT2D eigenvalue weighted by atomic mass is 10.1. The summed E-state index contributed by atoms with van der Waals surface area (Å²) in [5.41, 5.74) is 10.9. The number of aliphatic imine (C=N–C) groups is 1. The Morgan fingerprint density at radius 2 is 2.09 bits per heavy atom. The van der Waals surface area contributed by atoms with Crippen LogP contribution in [0.25, 0.3) is 11.4 Å². The molecule has 180 valence electrons. The summed E-state index contributed by atoms with van der Waals surface area (Å²) in [6, 6.07) is 14.0. The molecule has 4 N–H and O–H groups in total. The zero-order valence-electron chi connectivity index (χ0n) is 20.3. The van der Waals surface area contributed by atoms with Crippen molar-refractivity contribution < 1.29 is 9.84 Å². The van der Waals surface area contributed by atoms with Gasteiger partial charge in [0, 0.05) is 41.9 Å². The minimum atomic E-state index is -0.772. The third kappa shape index (κ3) is 5.99. The molecule has 7 nitrogen and oxygen atoms in total. The molecule has 4 rings (SSSR count). The zero-order chi connectivity index (χ0) is 24.8. The van der Waals surface area contributed by atoms with E-state index in [1.54, 1.807) is 17.1 Å². The van der Waals surface area contributed by atoms with Crippen molar-refractivity contribution in [3.63, 3.8) is 0 Å². The van der Waals surface area contributed by atoms with Gasteiger partial charge >= 0.3 is 0 Å². The number of aryl methyl sites for hydroxylation is 1. The molecular weight excluding hydrogens is 438 g/mol. The first kappa shape index (κ1) is 24.3. The summed E-state index contributed by atoms with van der Waals surface area (Å²) in [7, 11) is 0. The SMILES string of the molecule is CCCC#Cc1ccc(-n2cc(C(O)CN)cn2)c(OC2C=C(c3cccc(C)c3)N=C(C)N2)c1. The van der Waals surface area contributed by atoms with Crippen LogP contribution in [0.3, 0.4) is 0 Å². The first-order valence-electron chi connectivity index (χ1n) is 11.8. The van der Waals surface area contributed by atoms with Gasteiger partial charge in [-0.05, 0) is 44.5 Å². The number of hydrogen-bond donors (Lipinski definition) is 3. The molecule has 35 heavy (non-hydrogen) atoms. The van der Waals surface area contributed by atoms with Crippen LogP contribution in [0.15, 0.2) is 65.9 Å². The Hall–Kier alpha value is -3.86. The fourth-order valence-corrected chi connectivity index (χ4v) is 3.75. The van der Waals surface area contributed by atoms with Gasteiger partial charge in [-0.2, -0.15) is 5.10 Å². The van der Waals surface area contributed by atoms with Crippen molar-refractivity contribution >= 4 is 11.5 Å². The number of rotatable bonds is 7. The number of aromatic nitrogens is 2. The lowest BCUT2D eigenvalue weighted by Gasteiger charge is -2.24. The normalized spacial score (nSPS) is 15.9. The first-order chi connectivity index (χ1) is 17.0. The standard InChI is InChI=1S/C28H31N5O2/c1-4-5-6-9-21-11-12-25(33-18-23(17-30-33)26(34)16-29)27(14-21)35-28-15-24(31-20(3)32-28)22-10-7-8-19(2)13-22/h7-8,10-15,17-18,26,28,34H,4-5,16,29H2,1-3H3,(H,31,32). The van der Waals surface area contributed by atoms with Crippen LogP contribution in [0.4, 0.5) is 0 Å². The van der Waals surface area contributed by atoms with E-state index in [2.05, 4.69) is 53.2 Å². The van der Waals surface area contributed by atoms with Crippen LogP contribution in [0.5, 0.6) is 5.75 Å². The Morgan fingerprint density at radius 1 is 1.23 bits per heavy atom. The lowest BCUT2D eigenvalue weighted by molar-refractivity contribution is 0.186. The highest BCUT2D eigenvalue weighted by molar-refractivity contribution is 5.88. The Morgan fingerprint density at radius 3 is 2.86 bits per heavy atom. The van der Waals surface area contributed by atoms with Crippen LogP contribution < -0.4 is 15.8 Å². The molecular formula is C28H31N5O2. The van der Waals surface area contributed by atoms with Gasteiger partial charge in [0.1, 0.15) is 17.3 Å². The van der Waals surface area contributed by atoms with Crippen LogP contribution in [0, 0.1) is 18.8 Å². The molecule has 2 heterocycles. The van der Waals surface area contributed by atoms with E-state index in [1.165, 1.54) is 5.56 Å². The highest BCUT2D eigenvalue weighted by Crippen LogP contribution is 2.28. The smallest absolute Gasteiger partial charge is 0.192 e. The van der Waals surface area contributed by atoms with Gasteiger partial charge in [-0.3, -0.25) is 0 Å². The van der Waals surface area contributed by atoms with Crippen LogP contribution in [-0.2, 0) is 0 Å². The van der Waals surface area contributed by atoms with Gasteiger partial charge in [0.2, 0.25) is 0 Å². The number of unbranched alkanes of at least 4 members (excludes halogenated alkanes) is 1.